The van der Waals surface area contributed by atoms with E-state index in [-0.39, 0.29) is 5.56 Å². The van der Waals surface area contributed by atoms with Crippen molar-refractivity contribution in [1.29, 1.82) is 0 Å². The van der Waals surface area contributed by atoms with Crippen LogP contribution in [0, 0.1) is 11.8 Å². The average Bonchev–Trinajstić information content (AvgIpc) is 2.81. The molecular weight excluding hydrogens is 427 g/mol. The Labute approximate surface area is 191 Å². The fourth-order valence-corrected chi connectivity index (χ4v) is 3.30. The third kappa shape index (κ3) is 7.10. The Morgan fingerprint density at radius 3 is 2.18 bits per heavy atom. The van der Waals surface area contributed by atoms with E-state index >= 15 is 0 Å². The van der Waals surface area contributed by atoms with Gasteiger partial charge in [0.15, 0.2) is 11.8 Å². The number of carbonyl (C=O) groups is 2. The van der Waals surface area contributed by atoms with Crippen LogP contribution in [0.15, 0.2) is 48.5 Å². The molecule has 1 fully saturated rings. The Morgan fingerprint density at radius 1 is 1.12 bits per heavy atom. The van der Waals surface area contributed by atoms with Crippen LogP contribution in [0.2, 0.25) is 0 Å². The zero-order valence-corrected chi connectivity index (χ0v) is 18.3. The van der Waals surface area contributed by atoms with Crippen molar-refractivity contribution < 1.29 is 23.9 Å². The van der Waals surface area contributed by atoms with Crippen molar-refractivity contribution in [3.05, 3.63) is 70.8 Å². The van der Waals surface area contributed by atoms with E-state index in [0.717, 1.165) is 45.3 Å². The van der Waals surface area contributed by atoms with E-state index in [1.807, 2.05) is 12.1 Å². The first kappa shape index (κ1) is 24.4. The molecule has 2 aromatic carbocycles. The lowest BCUT2D eigenvalue weighted by atomic mass is 10.1. The fraction of sp³-hybridized carbons (Fsp3) is 0.333. The van der Waals surface area contributed by atoms with Gasteiger partial charge in [0.25, 0.3) is 11.8 Å². The maximum Gasteiger partial charge on any atom is 0.270 e. The maximum absolute atomic E-state index is 14.0. The number of nitrogens with one attached hydrogen (secondary N) is 2. The molecule has 1 aliphatic heterocycles. The summed E-state index contributed by atoms with van der Waals surface area (Å²) in [6.07, 6.45) is 0. The molecule has 2 amide bonds. The molecule has 0 bridgehead atoms. The van der Waals surface area contributed by atoms with Crippen LogP contribution in [-0.4, -0.2) is 60.1 Å². The van der Waals surface area contributed by atoms with Crippen LogP contribution in [0.3, 0.4) is 0 Å². The first-order chi connectivity index (χ1) is 15.8. The van der Waals surface area contributed by atoms with Crippen molar-refractivity contribution in [2.45, 2.75) is 25.3 Å². The van der Waals surface area contributed by atoms with Gasteiger partial charge in [0.2, 0.25) is 0 Å². The summed E-state index contributed by atoms with van der Waals surface area (Å²) >= 11 is 0. The van der Waals surface area contributed by atoms with Crippen molar-refractivity contribution in [3.8, 4) is 11.8 Å². The van der Waals surface area contributed by atoms with Gasteiger partial charge in [-0.05, 0) is 48.9 Å². The first-order valence-corrected chi connectivity index (χ1v) is 10.5. The van der Waals surface area contributed by atoms with Gasteiger partial charge in [0.05, 0.1) is 13.2 Å². The highest BCUT2D eigenvalue weighted by Crippen LogP contribution is 2.12. The number of halogens is 1. The smallest absolute Gasteiger partial charge is 0.270 e. The number of nitrogens with zero attached hydrogens (tertiary/aromatic N) is 1. The molecule has 174 valence electrons. The highest BCUT2D eigenvalue weighted by atomic mass is 19.1. The van der Waals surface area contributed by atoms with Crippen LogP contribution in [0.4, 0.5) is 4.39 Å². The van der Waals surface area contributed by atoms with Gasteiger partial charge in [-0.1, -0.05) is 24.0 Å². The number of morpholine rings is 1. The van der Waals surface area contributed by atoms with Gasteiger partial charge in [0.1, 0.15) is 0 Å². The van der Waals surface area contributed by atoms with Gasteiger partial charge in [-0.25, -0.2) is 9.87 Å². The number of amides is 2. The molecule has 2 atom stereocenters. The Hall–Kier alpha value is -3.29. The van der Waals surface area contributed by atoms with Crippen LogP contribution < -0.4 is 16.5 Å². The van der Waals surface area contributed by atoms with Crippen LogP contribution >= 0.6 is 0 Å². The van der Waals surface area contributed by atoms with E-state index in [4.69, 9.17) is 15.7 Å². The van der Waals surface area contributed by atoms with Gasteiger partial charge in [0, 0.05) is 36.3 Å². The van der Waals surface area contributed by atoms with E-state index in [1.54, 1.807) is 12.1 Å². The summed E-state index contributed by atoms with van der Waals surface area (Å²) < 4.78 is 19.4. The minimum atomic E-state index is -2.56. The van der Waals surface area contributed by atoms with Gasteiger partial charge in [-0.3, -0.25) is 25.4 Å². The summed E-state index contributed by atoms with van der Waals surface area (Å²) in [6.45, 7) is 5.21. The van der Waals surface area contributed by atoms with E-state index in [0.29, 0.717) is 5.56 Å². The summed E-state index contributed by atoms with van der Waals surface area (Å²) in [7, 11) is 0. The number of alkyl halides is 1. The number of rotatable bonds is 6. The molecular formula is C24H27FN4O4. The lowest BCUT2D eigenvalue weighted by Gasteiger charge is -2.26. The molecule has 1 saturated heterocycles. The quantitative estimate of drug-likeness (QED) is 0.225. The second-order valence-corrected chi connectivity index (χ2v) is 7.95. The van der Waals surface area contributed by atoms with Crippen molar-refractivity contribution in [3.63, 3.8) is 0 Å². The van der Waals surface area contributed by atoms with Gasteiger partial charge in [-0.2, -0.15) is 0 Å². The number of ether oxygens (including phenoxy) is 1. The minimum absolute atomic E-state index is 0.188. The second-order valence-electron chi connectivity index (χ2n) is 7.95. The van der Waals surface area contributed by atoms with Crippen molar-refractivity contribution >= 4 is 11.8 Å². The largest absolute Gasteiger partial charge is 0.379 e. The normalized spacial score (nSPS) is 16.6. The lowest BCUT2D eigenvalue weighted by Crippen LogP contribution is -2.60. The van der Waals surface area contributed by atoms with Crippen molar-refractivity contribution in [2.24, 2.45) is 5.73 Å². The number of hydrogen-bond acceptors (Lipinski definition) is 6. The summed E-state index contributed by atoms with van der Waals surface area (Å²) in [5, 5.41) is 10.9. The molecule has 0 saturated carbocycles. The predicted octanol–water partition coefficient (Wildman–Crippen LogP) is 1.17. The summed E-state index contributed by atoms with van der Waals surface area (Å²) in [5.41, 5.74) is 9.53. The number of hydroxylamine groups is 1. The first-order valence-electron chi connectivity index (χ1n) is 10.5. The molecule has 3 rings (SSSR count). The zero-order valence-electron chi connectivity index (χ0n) is 18.3. The number of benzene rings is 2. The van der Waals surface area contributed by atoms with Crippen molar-refractivity contribution in [2.75, 3.05) is 26.3 Å². The lowest BCUT2D eigenvalue weighted by molar-refractivity contribution is -0.134. The van der Waals surface area contributed by atoms with Crippen LogP contribution in [-0.2, 0) is 16.1 Å². The summed E-state index contributed by atoms with van der Waals surface area (Å²) in [6, 6.07) is 12.6. The molecule has 1 aliphatic rings. The summed E-state index contributed by atoms with van der Waals surface area (Å²) in [4.78, 5) is 26.3. The standard InChI is InChI=1S/C24H27FN4O4/c1-24(25,26)21(23(31)28-32)27-22(30)20-10-8-18(9-11-20)3-2-17-4-6-19(7-5-17)16-29-12-14-33-15-13-29/h4-11,21,32H,12-16,26H2,1H3,(H,27,30)(H,28,31)/t21-,24+/m1/s1. The molecule has 0 radical (unpaired) electrons. The van der Waals surface area contributed by atoms with E-state index < -0.39 is 23.6 Å². The Morgan fingerprint density at radius 2 is 1.67 bits per heavy atom. The molecule has 0 spiro atoms. The number of hydrogen-bond donors (Lipinski definition) is 4. The van der Waals surface area contributed by atoms with E-state index in [1.165, 1.54) is 23.2 Å². The van der Waals surface area contributed by atoms with Crippen LogP contribution in [0.5, 0.6) is 0 Å². The monoisotopic (exact) mass is 454 g/mol. The molecule has 33 heavy (non-hydrogen) atoms. The van der Waals surface area contributed by atoms with E-state index in [2.05, 4.69) is 34.2 Å². The second kappa shape index (κ2) is 11.0. The highest BCUT2D eigenvalue weighted by molar-refractivity contribution is 5.97. The molecule has 1 heterocycles. The topological polar surface area (TPSA) is 117 Å². The van der Waals surface area contributed by atoms with Crippen LogP contribution in [0.25, 0.3) is 0 Å². The molecule has 8 nitrogen and oxygen atoms in total. The molecule has 0 aliphatic carbocycles. The zero-order chi connectivity index (χ0) is 23.8. The number of carbonyl (C=O) groups excluding carboxylic acids is 2. The summed E-state index contributed by atoms with van der Waals surface area (Å²) in [5.74, 6) is 1.68. The molecule has 2 aromatic rings. The highest BCUT2D eigenvalue weighted by Gasteiger charge is 2.37. The van der Waals surface area contributed by atoms with Crippen LogP contribution in [0.1, 0.15) is 34.0 Å². The fourth-order valence-electron chi connectivity index (χ4n) is 3.30. The predicted molar refractivity (Wildman–Crippen MR) is 120 cm³/mol. The Bertz CT molecular complexity index is 1020. The van der Waals surface area contributed by atoms with Gasteiger partial charge < -0.3 is 10.1 Å². The van der Waals surface area contributed by atoms with Gasteiger partial charge >= 0.3 is 0 Å². The molecule has 9 heteroatoms. The van der Waals surface area contributed by atoms with Gasteiger partial charge in [-0.15, -0.1) is 0 Å². The third-order valence-electron chi connectivity index (χ3n) is 5.17. The molecule has 0 unspecified atom stereocenters. The van der Waals surface area contributed by atoms with Crippen molar-refractivity contribution in [1.82, 2.24) is 15.7 Å². The average molecular weight is 455 g/mol. The molecule has 5 N–H and O–H groups in total. The molecule has 0 aromatic heterocycles. The Balaban J connectivity index is 1.60. The maximum atomic E-state index is 14.0. The number of nitrogens with two attached hydrogens (primary N) is 1. The Kier molecular flexibility index (Phi) is 8.14. The SMILES string of the molecule is C[C@@](N)(F)[C@H](NC(=O)c1ccc(C#Cc2ccc(CN3CCOCC3)cc2)cc1)C(=O)NO. The minimum Gasteiger partial charge on any atom is -0.379 e. The third-order valence-corrected chi connectivity index (χ3v) is 5.17. The van der Waals surface area contributed by atoms with E-state index in [9.17, 15) is 14.0 Å².